The van der Waals surface area contributed by atoms with Gasteiger partial charge in [-0.2, -0.15) is 9.83 Å². The normalized spacial score (nSPS) is 17.0. The molecule has 0 aliphatic carbocycles. The number of rotatable bonds is 3. The van der Waals surface area contributed by atoms with E-state index in [0.29, 0.717) is 5.69 Å². The summed E-state index contributed by atoms with van der Waals surface area (Å²) in [4.78, 5) is 29.6. The van der Waals surface area contributed by atoms with Crippen molar-refractivity contribution in [1.82, 2.24) is 9.74 Å². The fourth-order valence-electron chi connectivity index (χ4n) is 2.05. The van der Waals surface area contributed by atoms with Crippen molar-refractivity contribution in [3.05, 3.63) is 29.6 Å². The van der Waals surface area contributed by atoms with Crippen LogP contribution in [0.3, 0.4) is 0 Å². The molecule has 1 amide bonds. The quantitative estimate of drug-likeness (QED) is 0.619. The van der Waals surface area contributed by atoms with E-state index in [1.165, 1.54) is 24.0 Å². The van der Waals surface area contributed by atoms with Gasteiger partial charge in [0.05, 0.1) is 23.9 Å². The van der Waals surface area contributed by atoms with Gasteiger partial charge in [0.15, 0.2) is 5.71 Å². The highest BCUT2D eigenvalue weighted by atomic mass is 16.6. The highest BCUT2D eigenvalue weighted by Crippen LogP contribution is 2.26. The number of carbonyl (C=O) groups excluding carboxylic acids is 2. The molecule has 0 atom stereocenters. The molecule has 1 aliphatic rings. The summed E-state index contributed by atoms with van der Waals surface area (Å²) in [6.45, 7) is 5.51. The summed E-state index contributed by atoms with van der Waals surface area (Å²) in [6.07, 6.45) is 3.26. The number of carbonyl (C=O) groups is 2. The fourth-order valence-corrected chi connectivity index (χ4v) is 2.05. The topological polar surface area (TPSA) is 73.1 Å². The van der Waals surface area contributed by atoms with Crippen molar-refractivity contribution in [3.63, 3.8) is 0 Å². The van der Waals surface area contributed by atoms with Gasteiger partial charge in [0.2, 0.25) is 0 Å². The number of methoxy groups -OCH3 is 1. The molecule has 0 aromatic carbocycles. The van der Waals surface area contributed by atoms with Gasteiger partial charge in [0, 0.05) is 6.20 Å². The van der Waals surface area contributed by atoms with Crippen LogP contribution in [0.25, 0.3) is 6.08 Å². The zero-order valence-electron chi connectivity index (χ0n) is 13.3. The minimum Gasteiger partial charge on any atom is -0.464 e. The predicted molar refractivity (Wildman–Crippen MR) is 81.0 cm³/mol. The average Bonchev–Trinajstić information content (AvgIpc) is 3.03. The van der Waals surface area contributed by atoms with Crippen LogP contribution in [0.15, 0.2) is 29.0 Å². The Bertz CT molecular complexity index is 665. The minimum atomic E-state index is -0.651. The van der Waals surface area contributed by atoms with Gasteiger partial charge in [-0.3, -0.25) is 4.79 Å². The lowest BCUT2D eigenvalue weighted by atomic mass is 10.1. The molecule has 0 fully saturated rings. The zero-order valence-corrected chi connectivity index (χ0v) is 13.3. The van der Waals surface area contributed by atoms with Gasteiger partial charge in [-0.25, -0.2) is 9.80 Å². The van der Waals surface area contributed by atoms with Crippen molar-refractivity contribution in [1.29, 1.82) is 0 Å². The summed E-state index contributed by atoms with van der Waals surface area (Å²) in [7, 11) is 2.76. The van der Waals surface area contributed by atoms with E-state index in [0.717, 1.165) is 0 Å². The van der Waals surface area contributed by atoms with E-state index in [1.54, 1.807) is 24.4 Å². The lowest BCUT2D eigenvalue weighted by Gasteiger charge is -2.27. The second-order valence-corrected chi connectivity index (χ2v) is 5.73. The maximum absolute atomic E-state index is 12.6. The van der Waals surface area contributed by atoms with E-state index in [1.807, 2.05) is 20.8 Å². The second kappa shape index (κ2) is 5.67. The molecule has 1 aromatic heterocycles. The van der Waals surface area contributed by atoms with Crippen LogP contribution in [-0.2, 0) is 14.3 Å². The molecule has 2 rings (SSSR count). The second-order valence-electron chi connectivity index (χ2n) is 5.73. The van der Waals surface area contributed by atoms with E-state index < -0.39 is 11.5 Å². The summed E-state index contributed by atoms with van der Waals surface area (Å²) in [5.74, 6) is -1.00. The standard InChI is InChI=1S/C15H19N3O4/c1-15(2,3)18-13(19)11(12(16-18)14(20)21-4)9-10-7-6-8-17(10)22-5/h6-9H,1-5H3/b11-9-. The molecule has 0 unspecified atom stereocenters. The van der Waals surface area contributed by atoms with Gasteiger partial charge in [-0.1, -0.05) is 0 Å². The lowest BCUT2D eigenvalue weighted by Crippen LogP contribution is -2.39. The monoisotopic (exact) mass is 305 g/mol. The first-order valence-corrected chi connectivity index (χ1v) is 6.75. The molecular weight excluding hydrogens is 286 g/mol. The number of ether oxygens (including phenoxy) is 1. The molecule has 22 heavy (non-hydrogen) atoms. The molecule has 0 spiro atoms. The largest absolute Gasteiger partial charge is 0.464 e. The number of amides is 1. The Morgan fingerprint density at radius 3 is 2.55 bits per heavy atom. The van der Waals surface area contributed by atoms with Gasteiger partial charge in [0.25, 0.3) is 5.91 Å². The van der Waals surface area contributed by atoms with Crippen molar-refractivity contribution in [2.24, 2.45) is 5.10 Å². The van der Waals surface area contributed by atoms with Crippen LogP contribution in [0.1, 0.15) is 26.5 Å². The molecule has 1 aliphatic heterocycles. The Morgan fingerprint density at radius 1 is 1.32 bits per heavy atom. The summed E-state index contributed by atoms with van der Waals surface area (Å²) < 4.78 is 6.20. The highest BCUT2D eigenvalue weighted by molar-refractivity contribution is 6.52. The third-order valence-corrected chi connectivity index (χ3v) is 3.12. The van der Waals surface area contributed by atoms with Crippen LogP contribution in [0.4, 0.5) is 0 Å². The molecule has 7 nitrogen and oxygen atoms in total. The fraction of sp³-hybridized carbons (Fsp3) is 0.400. The number of aromatic nitrogens is 1. The van der Waals surface area contributed by atoms with Crippen molar-refractivity contribution in [2.75, 3.05) is 14.2 Å². The number of hydrogen-bond donors (Lipinski definition) is 0. The van der Waals surface area contributed by atoms with E-state index in [2.05, 4.69) is 5.10 Å². The maximum atomic E-state index is 12.6. The van der Waals surface area contributed by atoms with Gasteiger partial charge in [0.1, 0.15) is 7.11 Å². The summed E-state index contributed by atoms with van der Waals surface area (Å²) in [6, 6.07) is 3.53. The summed E-state index contributed by atoms with van der Waals surface area (Å²) >= 11 is 0. The SMILES string of the molecule is COC(=O)C1=NN(C(C)(C)C)C(=O)/C1=C\c1cccn1OC. The van der Waals surface area contributed by atoms with Gasteiger partial charge in [-0.15, -0.1) is 0 Å². The molecule has 0 saturated carbocycles. The third-order valence-electron chi connectivity index (χ3n) is 3.12. The molecule has 0 N–H and O–H groups in total. The van der Waals surface area contributed by atoms with E-state index in [-0.39, 0.29) is 17.2 Å². The van der Waals surface area contributed by atoms with E-state index in [9.17, 15) is 9.59 Å². The molecular formula is C15H19N3O4. The van der Waals surface area contributed by atoms with E-state index >= 15 is 0 Å². The Kier molecular flexibility index (Phi) is 4.07. The van der Waals surface area contributed by atoms with Crippen molar-refractivity contribution in [2.45, 2.75) is 26.3 Å². The molecule has 0 radical (unpaired) electrons. The predicted octanol–water partition coefficient (Wildman–Crippen LogP) is 1.10. The molecule has 1 aromatic rings. The number of nitrogens with zero attached hydrogens (tertiary/aromatic N) is 3. The van der Waals surface area contributed by atoms with Gasteiger partial charge < -0.3 is 9.57 Å². The summed E-state index contributed by atoms with van der Waals surface area (Å²) in [5, 5.41) is 5.42. The van der Waals surface area contributed by atoms with E-state index in [4.69, 9.17) is 9.57 Å². The zero-order chi connectivity index (χ0) is 16.5. The minimum absolute atomic E-state index is 0.00808. The lowest BCUT2D eigenvalue weighted by molar-refractivity contribution is -0.132. The molecule has 118 valence electrons. The average molecular weight is 305 g/mol. The van der Waals surface area contributed by atoms with Crippen molar-refractivity contribution < 1.29 is 19.2 Å². The number of hydrazone groups is 1. The van der Waals surface area contributed by atoms with Gasteiger partial charge >= 0.3 is 5.97 Å². The molecule has 7 heteroatoms. The first-order chi connectivity index (χ1) is 10.3. The van der Waals surface area contributed by atoms with Crippen LogP contribution >= 0.6 is 0 Å². The first kappa shape index (κ1) is 15.8. The number of hydrogen-bond acceptors (Lipinski definition) is 5. The van der Waals surface area contributed by atoms with Crippen LogP contribution in [0.2, 0.25) is 0 Å². The van der Waals surface area contributed by atoms with Crippen molar-refractivity contribution in [3.8, 4) is 0 Å². The smallest absolute Gasteiger partial charge is 0.359 e. The molecule has 2 heterocycles. The van der Waals surface area contributed by atoms with Crippen LogP contribution in [0.5, 0.6) is 0 Å². The van der Waals surface area contributed by atoms with Crippen LogP contribution in [-0.4, -0.2) is 47.1 Å². The van der Waals surface area contributed by atoms with Crippen LogP contribution in [0, 0.1) is 0 Å². The van der Waals surface area contributed by atoms with Gasteiger partial charge in [-0.05, 0) is 39.0 Å². The Balaban J connectivity index is 2.51. The van der Waals surface area contributed by atoms with Crippen LogP contribution < -0.4 is 4.84 Å². The Morgan fingerprint density at radius 2 is 2.00 bits per heavy atom. The number of esters is 1. The molecule has 0 saturated heterocycles. The first-order valence-electron chi connectivity index (χ1n) is 6.75. The Labute approximate surface area is 128 Å². The van der Waals surface area contributed by atoms with Crippen molar-refractivity contribution >= 4 is 23.7 Å². The molecule has 0 bridgehead atoms. The highest BCUT2D eigenvalue weighted by Gasteiger charge is 2.40. The maximum Gasteiger partial charge on any atom is 0.359 e. The Hall–Kier alpha value is -2.57. The third kappa shape index (κ3) is 2.74. The summed E-state index contributed by atoms with van der Waals surface area (Å²) in [5.41, 5.74) is 0.248.